The lowest BCUT2D eigenvalue weighted by Gasteiger charge is -2.40. The molecule has 0 amide bonds. The van der Waals surface area contributed by atoms with Crippen LogP contribution in [0.15, 0.2) is 47.6 Å². The van der Waals surface area contributed by atoms with Crippen molar-refractivity contribution >= 4 is 17.3 Å². The Morgan fingerprint density at radius 1 is 1.00 bits per heavy atom. The first-order valence-electron chi connectivity index (χ1n) is 11.5. The second kappa shape index (κ2) is 11.6. The lowest BCUT2D eigenvalue weighted by molar-refractivity contribution is -0.231. The van der Waals surface area contributed by atoms with Gasteiger partial charge >= 0.3 is 0 Å². The zero-order valence-corrected chi connectivity index (χ0v) is 20.7. The van der Waals surface area contributed by atoms with Crippen LogP contribution in [0.4, 0.5) is 0 Å². The van der Waals surface area contributed by atoms with Gasteiger partial charge in [0.1, 0.15) is 36.6 Å². The molecule has 2 aromatic carbocycles. The summed E-state index contributed by atoms with van der Waals surface area (Å²) in [6, 6.07) is 13.3. The summed E-state index contributed by atoms with van der Waals surface area (Å²) in [7, 11) is 0. The Balaban J connectivity index is 1.81. The van der Waals surface area contributed by atoms with E-state index in [0.717, 1.165) is 22.4 Å². The van der Waals surface area contributed by atoms with Gasteiger partial charge in [0, 0.05) is 5.02 Å². The summed E-state index contributed by atoms with van der Waals surface area (Å²) >= 11 is 6.46. The molecule has 0 spiro atoms. The normalized spacial score (nSPS) is 25.7. The predicted octanol–water partition coefficient (Wildman–Crippen LogP) is 3.23. The Morgan fingerprint density at radius 3 is 2.26 bits per heavy atom. The topological polar surface area (TPSA) is 112 Å². The number of benzene rings is 2. The molecule has 8 heteroatoms. The maximum Gasteiger partial charge on any atom is 0.122 e. The third-order valence-electron chi connectivity index (χ3n) is 5.84. The predicted molar refractivity (Wildman–Crippen MR) is 131 cm³/mol. The van der Waals surface area contributed by atoms with Gasteiger partial charge in [0.25, 0.3) is 0 Å². The van der Waals surface area contributed by atoms with Crippen LogP contribution in [0.5, 0.6) is 0 Å². The van der Waals surface area contributed by atoms with Crippen molar-refractivity contribution in [2.24, 2.45) is 11.1 Å². The van der Waals surface area contributed by atoms with Crippen molar-refractivity contribution in [3.8, 4) is 0 Å². The van der Waals surface area contributed by atoms with E-state index in [4.69, 9.17) is 21.2 Å². The molecule has 7 nitrogen and oxygen atoms in total. The summed E-state index contributed by atoms with van der Waals surface area (Å²) in [5, 5.41) is 45.0. The van der Waals surface area contributed by atoms with E-state index in [1.807, 2.05) is 44.2 Å². The molecular weight excluding hydrogens is 458 g/mol. The highest BCUT2D eigenvalue weighted by Crippen LogP contribution is 2.34. The van der Waals surface area contributed by atoms with E-state index in [9.17, 15) is 20.4 Å². The summed E-state index contributed by atoms with van der Waals surface area (Å²) in [6.45, 7) is 7.54. The molecule has 1 fully saturated rings. The maximum absolute atomic E-state index is 10.5. The van der Waals surface area contributed by atoms with Crippen LogP contribution in [0.2, 0.25) is 5.02 Å². The number of ether oxygens (including phenoxy) is 1. The molecule has 1 aliphatic heterocycles. The van der Waals surface area contributed by atoms with Gasteiger partial charge < -0.3 is 30.0 Å². The van der Waals surface area contributed by atoms with Crippen LogP contribution in [-0.4, -0.2) is 63.3 Å². The second-order valence-corrected chi connectivity index (χ2v) is 9.67. The van der Waals surface area contributed by atoms with Gasteiger partial charge in [0.15, 0.2) is 0 Å². The molecule has 0 bridgehead atoms. The molecule has 1 aliphatic rings. The standard InChI is InChI=1S/C26H34ClNO6/c1-14(2)22(28-34-15(3)4)17-7-5-16(6-8-17)11-19-12-18(9-10-20(19)27)26-25(32)24(31)23(30)21(13-29)33-26/h5-10,12,14-15,21,23-26,29-32H,11,13H2,1-4H3/t21-,23-,24+,25-,26+/m1/s1. The fraction of sp³-hybridized carbons (Fsp3) is 0.500. The lowest BCUT2D eigenvalue weighted by Crippen LogP contribution is -2.55. The molecule has 34 heavy (non-hydrogen) atoms. The van der Waals surface area contributed by atoms with Crippen molar-refractivity contribution in [1.82, 2.24) is 0 Å². The van der Waals surface area contributed by atoms with Crippen LogP contribution in [0.3, 0.4) is 0 Å². The van der Waals surface area contributed by atoms with Gasteiger partial charge in [-0.3, -0.25) is 0 Å². The number of hydrogen-bond acceptors (Lipinski definition) is 7. The Bertz CT molecular complexity index is 976. The first-order chi connectivity index (χ1) is 16.1. The summed E-state index contributed by atoms with van der Waals surface area (Å²) in [4.78, 5) is 5.46. The SMILES string of the molecule is CC(C)ON=C(c1ccc(Cc2cc([C@@H]3O[C@H](CO)[C@@H](O)[C@H](O)[C@H]3O)ccc2Cl)cc1)C(C)C. The van der Waals surface area contributed by atoms with E-state index in [1.54, 1.807) is 12.1 Å². The third-order valence-corrected chi connectivity index (χ3v) is 6.21. The number of aliphatic hydroxyl groups is 4. The van der Waals surface area contributed by atoms with E-state index in [-0.39, 0.29) is 12.0 Å². The molecule has 4 N–H and O–H groups in total. The average Bonchev–Trinajstić information content (AvgIpc) is 2.80. The van der Waals surface area contributed by atoms with Crippen LogP contribution in [0.1, 0.15) is 56.1 Å². The van der Waals surface area contributed by atoms with Crippen LogP contribution in [0, 0.1) is 5.92 Å². The van der Waals surface area contributed by atoms with Gasteiger partial charge in [0.2, 0.25) is 0 Å². The van der Waals surface area contributed by atoms with E-state index < -0.39 is 37.1 Å². The van der Waals surface area contributed by atoms with Gasteiger partial charge in [0.05, 0.1) is 12.3 Å². The highest BCUT2D eigenvalue weighted by molar-refractivity contribution is 6.31. The molecule has 3 rings (SSSR count). The number of hydrogen-bond donors (Lipinski definition) is 4. The highest BCUT2D eigenvalue weighted by Gasteiger charge is 2.44. The van der Waals surface area contributed by atoms with Crippen molar-refractivity contribution in [2.45, 2.75) is 70.7 Å². The van der Waals surface area contributed by atoms with Gasteiger partial charge in [-0.15, -0.1) is 0 Å². The number of oxime groups is 1. The molecular formula is C26H34ClNO6. The van der Waals surface area contributed by atoms with Crippen LogP contribution in [0.25, 0.3) is 0 Å². The summed E-state index contributed by atoms with van der Waals surface area (Å²) in [5.41, 5.74) is 4.32. The monoisotopic (exact) mass is 491 g/mol. The zero-order valence-electron chi connectivity index (χ0n) is 19.9. The minimum absolute atomic E-state index is 0.00568. The van der Waals surface area contributed by atoms with Crippen molar-refractivity contribution in [1.29, 1.82) is 0 Å². The Kier molecular flexibility index (Phi) is 9.09. The molecule has 0 aliphatic carbocycles. The van der Waals surface area contributed by atoms with Crippen LogP contribution < -0.4 is 0 Å². The first-order valence-corrected chi connectivity index (χ1v) is 11.9. The van der Waals surface area contributed by atoms with Crippen molar-refractivity contribution in [3.63, 3.8) is 0 Å². The molecule has 1 saturated heterocycles. The summed E-state index contributed by atoms with van der Waals surface area (Å²) in [5.74, 6) is 0.203. The quantitative estimate of drug-likeness (QED) is 0.333. The average molecular weight is 492 g/mol. The Morgan fingerprint density at radius 2 is 1.68 bits per heavy atom. The highest BCUT2D eigenvalue weighted by atomic mass is 35.5. The molecule has 0 radical (unpaired) electrons. The van der Waals surface area contributed by atoms with Crippen LogP contribution >= 0.6 is 11.6 Å². The smallest absolute Gasteiger partial charge is 0.122 e. The summed E-state index contributed by atoms with van der Waals surface area (Å²) in [6.07, 6.45) is -5.49. The lowest BCUT2D eigenvalue weighted by atomic mass is 9.90. The molecule has 1 heterocycles. The van der Waals surface area contributed by atoms with Gasteiger partial charge in [-0.25, -0.2) is 0 Å². The number of aliphatic hydroxyl groups excluding tert-OH is 4. The van der Waals surface area contributed by atoms with Crippen molar-refractivity contribution < 1.29 is 30.0 Å². The molecule has 186 valence electrons. The minimum atomic E-state index is -1.43. The second-order valence-electron chi connectivity index (χ2n) is 9.26. The van der Waals surface area contributed by atoms with Crippen LogP contribution in [-0.2, 0) is 16.0 Å². The van der Waals surface area contributed by atoms with Crippen molar-refractivity contribution in [3.05, 3.63) is 69.7 Å². The largest absolute Gasteiger partial charge is 0.394 e. The number of halogens is 1. The van der Waals surface area contributed by atoms with Crippen molar-refractivity contribution in [2.75, 3.05) is 6.61 Å². The molecule has 0 aromatic heterocycles. The fourth-order valence-corrected chi connectivity index (χ4v) is 4.14. The van der Waals surface area contributed by atoms with Gasteiger partial charge in [-0.05, 0) is 54.5 Å². The number of nitrogens with zero attached hydrogens (tertiary/aromatic N) is 1. The summed E-state index contributed by atoms with van der Waals surface area (Å²) < 4.78 is 5.69. The zero-order chi connectivity index (χ0) is 25.0. The van der Waals surface area contributed by atoms with Gasteiger partial charge in [-0.2, -0.15) is 0 Å². The first kappa shape index (κ1) is 26.6. The molecule has 2 aromatic rings. The molecule has 0 saturated carbocycles. The van der Waals surface area contributed by atoms with E-state index in [0.29, 0.717) is 17.0 Å². The molecule has 0 unspecified atom stereocenters. The Labute approximate surface area is 205 Å². The van der Waals surface area contributed by atoms with E-state index >= 15 is 0 Å². The molecule has 5 atom stereocenters. The minimum Gasteiger partial charge on any atom is -0.394 e. The fourth-order valence-electron chi connectivity index (χ4n) is 3.95. The van der Waals surface area contributed by atoms with Gasteiger partial charge in [-0.1, -0.05) is 67.0 Å². The number of rotatable bonds is 8. The maximum atomic E-state index is 10.5. The Hall–Kier alpha value is -2.00. The third kappa shape index (κ3) is 6.16. The van der Waals surface area contributed by atoms with E-state index in [1.165, 1.54) is 0 Å². The van der Waals surface area contributed by atoms with E-state index in [2.05, 4.69) is 19.0 Å².